The lowest BCUT2D eigenvalue weighted by atomic mass is 9.87. The van der Waals surface area contributed by atoms with E-state index in [4.69, 9.17) is 12.2 Å². The number of carbonyl (C=O) groups excluding carboxylic acids is 1. The van der Waals surface area contributed by atoms with Gasteiger partial charge >= 0.3 is 0 Å². The minimum Gasteiger partial charge on any atom is -0.363 e. The molecule has 0 aliphatic carbocycles. The van der Waals surface area contributed by atoms with E-state index in [9.17, 15) is 4.79 Å². The zero-order chi connectivity index (χ0) is 17.6. The highest BCUT2D eigenvalue weighted by Crippen LogP contribution is 2.40. The highest BCUT2D eigenvalue weighted by atomic mass is 32.2. The molecule has 1 amide bonds. The lowest BCUT2D eigenvalue weighted by Gasteiger charge is -2.43. The van der Waals surface area contributed by atoms with Crippen molar-refractivity contribution in [2.24, 2.45) is 0 Å². The summed E-state index contributed by atoms with van der Waals surface area (Å²) >= 11 is 6.40. The van der Waals surface area contributed by atoms with Crippen LogP contribution in [0.5, 0.6) is 0 Å². The third-order valence-electron chi connectivity index (χ3n) is 4.61. The van der Waals surface area contributed by atoms with Crippen molar-refractivity contribution in [1.82, 2.24) is 5.32 Å². The van der Waals surface area contributed by atoms with E-state index in [-0.39, 0.29) is 11.4 Å². The van der Waals surface area contributed by atoms with Crippen molar-refractivity contribution in [1.29, 1.82) is 0 Å². The van der Waals surface area contributed by atoms with Crippen LogP contribution in [-0.4, -0.2) is 22.3 Å². The molecule has 3 rings (SSSR count). The molecule has 1 aromatic carbocycles. The smallest absolute Gasteiger partial charge is 0.263 e. The lowest BCUT2D eigenvalue weighted by Crippen LogP contribution is -2.44. The normalized spacial score (nSPS) is 21.0. The van der Waals surface area contributed by atoms with Gasteiger partial charge in [0.2, 0.25) is 0 Å². The molecule has 24 heavy (non-hydrogen) atoms. The molecule has 1 N–H and O–H groups in total. The van der Waals surface area contributed by atoms with Gasteiger partial charge < -0.3 is 10.2 Å². The van der Waals surface area contributed by atoms with E-state index in [0.717, 1.165) is 17.7 Å². The third-order valence-corrected chi connectivity index (χ3v) is 5.77. The van der Waals surface area contributed by atoms with Gasteiger partial charge in [0.25, 0.3) is 5.91 Å². The molecule has 5 heteroatoms. The number of fused-ring (bicyclic) bond motifs is 1. The van der Waals surface area contributed by atoms with Gasteiger partial charge in [0.1, 0.15) is 4.32 Å². The molecule has 0 aromatic heterocycles. The van der Waals surface area contributed by atoms with Crippen molar-refractivity contribution in [3.05, 3.63) is 39.8 Å². The number of carbonyl (C=O) groups is 1. The minimum absolute atomic E-state index is 0.00559. The van der Waals surface area contributed by atoms with Gasteiger partial charge in [-0.2, -0.15) is 0 Å². The standard InChI is InChI=1S/C19H22N2OS2/c1-6-21-15-7-11(2)13(9-16-17(22)20-18(23)24-16)8-14(15)12(3)10-19(21,4)5/h7-10H,6H2,1-5H3,(H,20,22,23)/b16-9+. The van der Waals surface area contributed by atoms with Crippen LogP contribution in [0.15, 0.2) is 23.1 Å². The summed E-state index contributed by atoms with van der Waals surface area (Å²) in [5.74, 6) is -0.106. The maximum absolute atomic E-state index is 11.9. The number of rotatable bonds is 2. The van der Waals surface area contributed by atoms with Crippen LogP contribution < -0.4 is 10.2 Å². The van der Waals surface area contributed by atoms with E-state index in [1.54, 1.807) is 0 Å². The molecule has 1 saturated heterocycles. The number of thiocarbonyl (C=S) groups is 1. The van der Waals surface area contributed by atoms with Gasteiger partial charge in [-0.1, -0.05) is 30.1 Å². The van der Waals surface area contributed by atoms with E-state index >= 15 is 0 Å². The first kappa shape index (κ1) is 17.2. The summed E-state index contributed by atoms with van der Waals surface area (Å²) in [4.78, 5) is 15.0. The number of amides is 1. The lowest BCUT2D eigenvalue weighted by molar-refractivity contribution is -0.115. The molecule has 3 nitrogen and oxygen atoms in total. The van der Waals surface area contributed by atoms with Gasteiger partial charge in [0.05, 0.1) is 10.4 Å². The van der Waals surface area contributed by atoms with Crippen LogP contribution in [0.2, 0.25) is 0 Å². The van der Waals surface area contributed by atoms with Crippen LogP contribution in [0.3, 0.4) is 0 Å². The van der Waals surface area contributed by atoms with Crippen molar-refractivity contribution in [2.45, 2.75) is 40.2 Å². The number of thioether (sulfide) groups is 1. The molecule has 0 saturated carbocycles. The summed E-state index contributed by atoms with van der Waals surface area (Å²) in [6.45, 7) is 11.9. The number of aryl methyl sites for hydroxylation is 1. The first-order chi connectivity index (χ1) is 11.2. The van der Waals surface area contributed by atoms with E-state index < -0.39 is 0 Å². The maximum atomic E-state index is 11.9. The highest BCUT2D eigenvalue weighted by Gasteiger charge is 2.30. The van der Waals surface area contributed by atoms with E-state index in [1.165, 1.54) is 28.6 Å². The Morgan fingerprint density at radius 1 is 1.33 bits per heavy atom. The zero-order valence-corrected chi connectivity index (χ0v) is 16.3. The predicted molar refractivity (Wildman–Crippen MR) is 108 cm³/mol. The monoisotopic (exact) mass is 358 g/mol. The molecule has 1 aromatic rings. The molecule has 2 heterocycles. The average molecular weight is 359 g/mol. The molecular formula is C19H22N2OS2. The Hall–Kier alpha value is -1.59. The van der Waals surface area contributed by atoms with E-state index in [2.05, 4.69) is 63.0 Å². The molecule has 0 spiro atoms. The van der Waals surface area contributed by atoms with Crippen molar-refractivity contribution in [3.63, 3.8) is 0 Å². The Morgan fingerprint density at radius 2 is 2.04 bits per heavy atom. The summed E-state index contributed by atoms with van der Waals surface area (Å²) in [6, 6.07) is 4.43. The largest absolute Gasteiger partial charge is 0.363 e. The fraction of sp³-hybridized carbons (Fsp3) is 0.368. The van der Waals surface area contributed by atoms with Crippen LogP contribution in [0.1, 0.15) is 44.4 Å². The summed E-state index contributed by atoms with van der Waals surface area (Å²) in [6.07, 6.45) is 4.26. The topological polar surface area (TPSA) is 32.3 Å². The Morgan fingerprint density at radius 3 is 2.62 bits per heavy atom. The van der Waals surface area contributed by atoms with Crippen molar-refractivity contribution in [3.8, 4) is 0 Å². The number of nitrogens with zero attached hydrogens (tertiary/aromatic N) is 1. The zero-order valence-electron chi connectivity index (χ0n) is 14.7. The van der Waals surface area contributed by atoms with Crippen LogP contribution in [0, 0.1) is 6.92 Å². The first-order valence-electron chi connectivity index (χ1n) is 8.10. The number of hydrogen-bond acceptors (Lipinski definition) is 4. The van der Waals surface area contributed by atoms with Crippen LogP contribution in [0.4, 0.5) is 5.69 Å². The Labute approximate surface area is 153 Å². The van der Waals surface area contributed by atoms with Gasteiger partial charge in [-0.15, -0.1) is 0 Å². The molecule has 2 aliphatic heterocycles. The summed E-state index contributed by atoms with van der Waals surface area (Å²) < 4.78 is 0.525. The third kappa shape index (κ3) is 2.91. The second-order valence-corrected chi connectivity index (χ2v) is 8.52. The molecular weight excluding hydrogens is 336 g/mol. The average Bonchev–Trinajstić information content (AvgIpc) is 2.78. The molecule has 2 aliphatic rings. The Bertz CT molecular complexity index is 806. The second-order valence-electron chi connectivity index (χ2n) is 6.80. The van der Waals surface area contributed by atoms with E-state index in [0.29, 0.717) is 9.23 Å². The van der Waals surface area contributed by atoms with Gasteiger partial charge in [-0.25, -0.2) is 0 Å². The molecule has 126 valence electrons. The van der Waals surface area contributed by atoms with Crippen molar-refractivity contribution < 1.29 is 4.79 Å². The number of hydrogen-bond donors (Lipinski definition) is 1. The minimum atomic E-state index is -0.106. The van der Waals surface area contributed by atoms with Crippen molar-refractivity contribution in [2.75, 3.05) is 11.4 Å². The Kier molecular flexibility index (Phi) is 4.34. The first-order valence-corrected chi connectivity index (χ1v) is 9.32. The van der Waals surface area contributed by atoms with Gasteiger partial charge in [-0.3, -0.25) is 4.79 Å². The van der Waals surface area contributed by atoms with Gasteiger partial charge in [0.15, 0.2) is 0 Å². The summed E-state index contributed by atoms with van der Waals surface area (Å²) in [5.41, 5.74) is 6.02. The van der Waals surface area contributed by atoms with Crippen LogP contribution in [-0.2, 0) is 4.79 Å². The number of nitrogens with one attached hydrogen (secondary N) is 1. The van der Waals surface area contributed by atoms with Crippen LogP contribution in [0.25, 0.3) is 11.6 Å². The SMILES string of the molecule is CCN1c2cc(C)c(/C=C3/SC(=S)NC3=O)cc2C(C)=CC1(C)C. The second kappa shape index (κ2) is 6.05. The number of benzene rings is 1. The summed E-state index contributed by atoms with van der Waals surface area (Å²) in [5, 5.41) is 2.67. The van der Waals surface area contributed by atoms with Crippen molar-refractivity contribution >= 4 is 51.5 Å². The highest BCUT2D eigenvalue weighted by molar-refractivity contribution is 8.26. The molecule has 0 unspecified atom stereocenters. The number of allylic oxidation sites excluding steroid dienone is 1. The molecule has 0 atom stereocenters. The number of anilines is 1. The molecule has 1 fully saturated rings. The fourth-order valence-corrected chi connectivity index (χ4v) is 4.58. The quantitative estimate of drug-likeness (QED) is 0.623. The summed E-state index contributed by atoms with van der Waals surface area (Å²) in [7, 11) is 0. The maximum Gasteiger partial charge on any atom is 0.263 e. The molecule has 0 radical (unpaired) electrons. The van der Waals surface area contributed by atoms with E-state index in [1.807, 2.05) is 6.08 Å². The van der Waals surface area contributed by atoms with Gasteiger partial charge in [-0.05, 0) is 69.5 Å². The Balaban J connectivity index is 2.11. The number of likely N-dealkylation sites (N-methyl/N-ethyl adjacent to an activating group) is 1. The van der Waals surface area contributed by atoms with Gasteiger partial charge in [0, 0.05) is 17.8 Å². The predicted octanol–water partition coefficient (Wildman–Crippen LogP) is 4.51. The van der Waals surface area contributed by atoms with Crippen LogP contribution >= 0.6 is 24.0 Å². The fourth-order valence-electron chi connectivity index (χ4n) is 3.54. The molecule has 0 bridgehead atoms.